The van der Waals surface area contributed by atoms with Gasteiger partial charge >= 0.3 is 5.63 Å². The Labute approximate surface area is 145 Å². The maximum Gasteiger partial charge on any atom is 0.340 e. The first-order valence-electron chi connectivity index (χ1n) is 7.91. The molecule has 0 unspecified atom stereocenters. The van der Waals surface area contributed by atoms with Gasteiger partial charge in [0, 0.05) is 18.5 Å². The van der Waals surface area contributed by atoms with Gasteiger partial charge in [0.25, 0.3) is 0 Å². The van der Waals surface area contributed by atoms with Crippen LogP contribution in [0, 0.1) is 13.8 Å². The molecular formula is C18H22N2O5. The molecule has 0 saturated heterocycles. The number of fused-ring (bicyclic) bond motifs is 1. The minimum absolute atomic E-state index is 0.0392. The Bertz CT molecular complexity index is 883. The summed E-state index contributed by atoms with van der Waals surface area (Å²) in [6.07, 6.45) is 0.356. The highest BCUT2D eigenvalue weighted by Crippen LogP contribution is 2.31. The average Bonchev–Trinajstić information content (AvgIpc) is 2.54. The van der Waals surface area contributed by atoms with Crippen molar-refractivity contribution in [2.75, 3.05) is 27.2 Å². The Morgan fingerprint density at radius 1 is 1.36 bits per heavy atom. The van der Waals surface area contributed by atoms with E-state index in [0.717, 1.165) is 0 Å². The second kappa shape index (κ2) is 7.48. The zero-order valence-corrected chi connectivity index (χ0v) is 14.8. The van der Waals surface area contributed by atoms with E-state index in [4.69, 9.17) is 4.42 Å². The minimum atomic E-state index is -0.681. The molecule has 0 saturated carbocycles. The number of aryl methyl sites for hydroxylation is 2. The number of carbonyl (C=O) groups is 2. The first-order chi connectivity index (χ1) is 11.8. The van der Waals surface area contributed by atoms with Crippen molar-refractivity contribution in [3.63, 3.8) is 0 Å². The summed E-state index contributed by atoms with van der Waals surface area (Å²) in [4.78, 5) is 37.6. The van der Waals surface area contributed by atoms with Gasteiger partial charge in [-0.25, -0.2) is 4.79 Å². The van der Waals surface area contributed by atoms with E-state index in [9.17, 15) is 19.5 Å². The Kier molecular flexibility index (Phi) is 5.58. The molecule has 2 rings (SSSR count). The molecule has 1 aromatic heterocycles. The zero-order chi connectivity index (χ0) is 18.7. The van der Waals surface area contributed by atoms with Crippen molar-refractivity contribution in [2.45, 2.75) is 20.3 Å². The fraction of sp³-hybridized carbons (Fsp3) is 0.389. The molecule has 7 nitrogen and oxygen atoms in total. The van der Waals surface area contributed by atoms with Crippen molar-refractivity contribution >= 4 is 23.2 Å². The lowest BCUT2D eigenvalue weighted by molar-refractivity contribution is -0.120. The molecule has 0 radical (unpaired) electrons. The molecular weight excluding hydrogens is 324 g/mol. The molecule has 0 fully saturated rings. The summed E-state index contributed by atoms with van der Waals surface area (Å²) in [7, 11) is 3.80. The summed E-state index contributed by atoms with van der Waals surface area (Å²) >= 11 is 0. The predicted octanol–water partition coefficient (Wildman–Crippen LogP) is 1.15. The number of aromatic hydroxyl groups is 1. The minimum Gasteiger partial charge on any atom is -0.507 e. The van der Waals surface area contributed by atoms with Gasteiger partial charge in [0.15, 0.2) is 11.9 Å². The number of hydrogen-bond donors (Lipinski definition) is 2. The number of phenols is 1. The molecule has 0 bridgehead atoms. The van der Waals surface area contributed by atoms with Gasteiger partial charge in [-0.15, -0.1) is 0 Å². The second-order valence-corrected chi connectivity index (χ2v) is 6.27. The van der Waals surface area contributed by atoms with E-state index in [2.05, 4.69) is 5.32 Å². The van der Waals surface area contributed by atoms with Gasteiger partial charge in [-0.2, -0.15) is 0 Å². The Balaban J connectivity index is 2.42. The van der Waals surface area contributed by atoms with Crippen LogP contribution in [0.1, 0.15) is 27.0 Å². The smallest absolute Gasteiger partial charge is 0.340 e. The summed E-state index contributed by atoms with van der Waals surface area (Å²) in [6, 6.07) is 1.64. The first-order valence-corrected chi connectivity index (χ1v) is 7.91. The average molecular weight is 346 g/mol. The number of amides is 1. The highest BCUT2D eigenvalue weighted by Gasteiger charge is 2.19. The van der Waals surface area contributed by atoms with Gasteiger partial charge in [-0.3, -0.25) is 9.59 Å². The van der Waals surface area contributed by atoms with Gasteiger partial charge in [0.2, 0.25) is 5.91 Å². The van der Waals surface area contributed by atoms with Crippen molar-refractivity contribution in [3.05, 3.63) is 38.7 Å². The summed E-state index contributed by atoms with van der Waals surface area (Å²) in [6.45, 7) is 4.52. The third-order valence-corrected chi connectivity index (χ3v) is 4.11. The summed E-state index contributed by atoms with van der Waals surface area (Å²) in [5, 5.41) is 13.3. The molecule has 0 aliphatic heterocycles. The molecule has 7 heteroatoms. The Morgan fingerprint density at radius 2 is 2.04 bits per heavy atom. The highest BCUT2D eigenvalue weighted by atomic mass is 16.4. The van der Waals surface area contributed by atoms with Crippen LogP contribution in [0.25, 0.3) is 11.0 Å². The van der Waals surface area contributed by atoms with E-state index in [-0.39, 0.29) is 34.8 Å². The third kappa shape index (κ3) is 3.88. The topological polar surface area (TPSA) is 99.9 Å². The number of nitrogens with zero attached hydrogens (tertiary/aromatic N) is 1. The number of rotatable bonds is 6. The number of benzene rings is 1. The zero-order valence-electron chi connectivity index (χ0n) is 14.8. The molecule has 2 aromatic rings. The second-order valence-electron chi connectivity index (χ2n) is 6.27. The molecule has 2 N–H and O–H groups in total. The standard InChI is InChI=1S/C18H22N2O5/c1-10-7-12-11(2)13(8-15(22)19-5-6-20(3)4)18(24)25-17(12)14(9-21)16(10)23/h7,9,23H,5-6,8H2,1-4H3,(H,19,22). The van der Waals surface area contributed by atoms with Crippen LogP contribution < -0.4 is 10.9 Å². The van der Waals surface area contributed by atoms with E-state index in [1.54, 1.807) is 19.9 Å². The van der Waals surface area contributed by atoms with E-state index in [0.29, 0.717) is 35.9 Å². The maximum atomic E-state index is 12.3. The fourth-order valence-electron chi connectivity index (χ4n) is 2.63. The van der Waals surface area contributed by atoms with E-state index >= 15 is 0 Å². The number of aldehydes is 1. The molecule has 0 spiro atoms. The highest BCUT2D eigenvalue weighted by molar-refractivity contribution is 5.99. The molecule has 0 atom stereocenters. The van der Waals surface area contributed by atoms with Crippen LogP contribution in [0.2, 0.25) is 0 Å². The summed E-state index contributed by atoms with van der Waals surface area (Å²) in [5.74, 6) is -0.484. The maximum absolute atomic E-state index is 12.3. The monoisotopic (exact) mass is 346 g/mol. The molecule has 1 heterocycles. The molecule has 0 aliphatic carbocycles. The SMILES string of the molecule is Cc1cc2c(C)c(CC(=O)NCCN(C)C)c(=O)oc2c(C=O)c1O. The van der Waals surface area contributed by atoms with Gasteiger partial charge in [-0.05, 0) is 45.1 Å². The van der Waals surface area contributed by atoms with Crippen LogP contribution in [-0.2, 0) is 11.2 Å². The van der Waals surface area contributed by atoms with E-state index < -0.39 is 5.63 Å². The predicted molar refractivity (Wildman–Crippen MR) is 94.3 cm³/mol. The largest absolute Gasteiger partial charge is 0.507 e. The van der Waals surface area contributed by atoms with Gasteiger partial charge < -0.3 is 19.7 Å². The van der Waals surface area contributed by atoms with Crippen LogP contribution in [0.15, 0.2) is 15.3 Å². The quantitative estimate of drug-likeness (QED) is 0.601. The van der Waals surface area contributed by atoms with E-state index in [1.807, 2.05) is 19.0 Å². The van der Waals surface area contributed by atoms with Crippen LogP contribution in [0.5, 0.6) is 5.75 Å². The Morgan fingerprint density at radius 3 is 2.64 bits per heavy atom. The van der Waals surface area contributed by atoms with Crippen LogP contribution in [-0.4, -0.2) is 49.4 Å². The number of likely N-dealkylation sites (N-methyl/N-ethyl adjacent to an activating group) is 1. The van der Waals surface area contributed by atoms with Crippen molar-refractivity contribution in [2.24, 2.45) is 0 Å². The van der Waals surface area contributed by atoms with Crippen LogP contribution >= 0.6 is 0 Å². The molecule has 134 valence electrons. The molecule has 1 amide bonds. The lowest BCUT2D eigenvalue weighted by Gasteiger charge is -2.12. The van der Waals surface area contributed by atoms with E-state index in [1.165, 1.54) is 0 Å². The normalized spacial score (nSPS) is 11.1. The summed E-state index contributed by atoms with van der Waals surface area (Å²) in [5.41, 5.74) is 0.610. The van der Waals surface area contributed by atoms with Crippen molar-refractivity contribution in [1.82, 2.24) is 10.2 Å². The lowest BCUT2D eigenvalue weighted by atomic mass is 9.98. The lowest BCUT2D eigenvalue weighted by Crippen LogP contribution is -2.33. The van der Waals surface area contributed by atoms with Gasteiger partial charge in [0.1, 0.15) is 5.75 Å². The number of carbonyl (C=O) groups excluding carboxylic acids is 2. The van der Waals surface area contributed by atoms with Gasteiger partial charge in [0.05, 0.1) is 17.5 Å². The molecule has 0 aliphatic rings. The summed E-state index contributed by atoms with van der Waals surface area (Å²) < 4.78 is 5.24. The van der Waals surface area contributed by atoms with Crippen LogP contribution in [0.3, 0.4) is 0 Å². The van der Waals surface area contributed by atoms with Crippen LogP contribution in [0.4, 0.5) is 0 Å². The number of hydrogen-bond acceptors (Lipinski definition) is 6. The van der Waals surface area contributed by atoms with Crippen molar-refractivity contribution in [3.8, 4) is 5.75 Å². The van der Waals surface area contributed by atoms with Crippen molar-refractivity contribution in [1.29, 1.82) is 0 Å². The first kappa shape index (κ1) is 18.7. The Hall–Kier alpha value is -2.67. The third-order valence-electron chi connectivity index (χ3n) is 4.11. The number of nitrogens with one attached hydrogen (secondary N) is 1. The van der Waals surface area contributed by atoms with Gasteiger partial charge in [-0.1, -0.05) is 0 Å². The molecule has 25 heavy (non-hydrogen) atoms. The molecule has 1 aromatic carbocycles. The number of phenolic OH excluding ortho intramolecular Hbond substituents is 1. The van der Waals surface area contributed by atoms with Crippen molar-refractivity contribution < 1.29 is 19.1 Å². The fourth-order valence-corrected chi connectivity index (χ4v) is 2.63.